The molecule has 0 amide bonds. The highest BCUT2D eigenvalue weighted by atomic mass is 35.5. The van der Waals surface area contributed by atoms with E-state index in [4.69, 9.17) is 34.7 Å². The number of anilines is 2. The molecule has 2 nitrogen and oxygen atoms in total. The van der Waals surface area contributed by atoms with Gasteiger partial charge in [-0.25, -0.2) is 0 Å². The van der Waals surface area contributed by atoms with Crippen molar-refractivity contribution in [3.8, 4) is 0 Å². The Labute approximate surface area is 114 Å². The molecule has 3 rings (SSSR count). The van der Waals surface area contributed by atoms with Crippen molar-refractivity contribution in [1.82, 2.24) is 0 Å². The molecule has 4 heteroatoms. The Morgan fingerprint density at radius 3 is 2.28 bits per heavy atom. The van der Waals surface area contributed by atoms with E-state index in [9.17, 15) is 0 Å². The van der Waals surface area contributed by atoms with Crippen molar-refractivity contribution in [2.45, 2.75) is 0 Å². The van der Waals surface area contributed by atoms with E-state index in [0.717, 1.165) is 27.2 Å². The van der Waals surface area contributed by atoms with Gasteiger partial charge in [0.2, 0.25) is 0 Å². The molecule has 90 valence electrons. The fraction of sp³-hybridized carbons (Fsp3) is 0. The number of rotatable bonds is 0. The maximum Gasteiger partial charge on any atom is 0.0715 e. The fourth-order valence-electron chi connectivity index (χ4n) is 2.13. The van der Waals surface area contributed by atoms with Crippen LogP contribution in [-0.4, -0.2) is 0 Å². The van der Waals surface area contributed by atoms with Gasteiger partial charge in [-0.3, -0.25) is 0 Å². The molecule has 0 spiro atoms. The minimum absolute atomic E-state index is 0.490. The Bertz CT molecular complexity index is 782. The number of nitrogen functional groups attached to an aromatic ring is 2. The summed E-state index contributed by atoms with van der Waals surface area (Å²) in [6.07, 6.45) is 0. The molecule has 0 aliphatic heterocycles. The molecule has 4 N–H and O–H groups in total. The van der Waals surface area contributed by atoms with Crippen LogP contribution in [-0.2, 0) is 0 Å². The third-order valence-corrected chi connectivity index (χ3v) is 3.76. The topological polar surface area (TPSA) is 52.0 Å². The van der Waals surface area contributed by atoms with Crippen molar-refractivity contribution in [2.75, 3.05) is 11.5 Å². The molecule has 0 unspecified atom stereocenters. The molecule has 0 fully saturated rings. The lowest BCUT2D eigenvalue weighted by atomic mass is 10.0. The van der Waals surface area contributed by atoms with Gasteiger partial charge in [0.1, 0.15) is 0 Å². The smallest absolute Gasteiger partial charge is 0.0715 e. The summed E-state index contributed by atoms with van der Waals surface area (Å²) in [6, 6.07) is 11.4. The third-order valence-electron chi connectivity index (χ3n) is 3.03. The summed E-state index contributed by atoms with van der Waals surface area (Å²) in [5.41, 5.74) is 12.8. The fourth-order valence-corrected chi connectivity index (χ4v) is 2.61. The number of hydrogen-bond acceptors (Lipinski definition) is 2. The van der Waals surface area contributed by atoms with E-state index in [1.54, 1.807) is 6.07 Å². The van der Waals surface area contributed by atoms with Gasteiger partial charge in [-0.2, -0.15) is 0 Å². The van der Waals surface area contributed by atoms with Crippen LogP contribution in [0.5, 0.6) is 0 Å². The summed E-state index contributed by atoms with van der Waals surface area (Å²) >= 11 is 12.4. The average molecular weight is 277 g/mol. The van der Waals surface area contributed by atoms with Crippen LogP contribution in [0.2, 0.25) is 10.0 Å². The standard InChI is InChI=1S/C14H10Cl2N2/c15-12-6-13(18)14(16)11-4-7-1-2-9(17)3-8(7)5-10(11)12/h1-6H,17-18H2. The zero-order valence-corrected chi connectivity index (χ0v) is 10.9. The first-order chi connectivity index (χ1) is 8.56. The van der Waals surface area contributed by atoms with E-state index in [0.29, 0.717) is 15.7 Å². The molecule has 18 heavy (non-hydrogen) atoms. The lowest BCUT2D eigenvalue weighted by molar-refractivity contribution is 1.72. The molecule has 3 aromatic rings. The SMILES string of the molecule is Nc1ccc2cc3c(Cl)c(N)cc(Cl)c3cc2c1. The van der Waals surface area contributed by atoms with Crippen LogP contribution in [0.25, 0.3) is 21.5 Å². The van der Waals surface area contributed by atoms with Gasteiger partial charge in [-0.05, 0) is 41.1 Å². The summed E-state index contributed by atoms with van der Waals surface area (Å²) in [5.74, 6) is 0. The normalized spacial score (nSPS) is 11.2. The summed E-state index contributed by atoms with van der Waals surface area (Å²) in [5, 5.41) is 4.96. The Balaban J connectivity index is 2.52. The second-order valence-electron chi connectivity index (χ2n) is 4.27. The van der Waals surface area contributed by atoms with Crippen molar-refractivity contribution >= 4 is 56.1 Å². The summed E-state index contributed by atoms with van der Waals surface area (Å²) in [4.78, 5) is 0. The highest BCUT2D eigenvalue weighted by molar-refractivity contribution is 6.42. The van der Waals surface area contributed by atoms with E-state index in [-0.39, 0.29) is 0 Å². The average Bonchev–Trinajstić information content (AvgIpc) is 2.34. The lowest BCUT2D eigenvalue weighted by Gasteiger charge is -2.09. The van der Waals surface area contributed by atoms with Gasteiger partial charge in [0.05, 0.1) is 15.7 Å². The van der Waals surface area contributed by atoms with Gasteiger partial charge in [0, 0.05) is 16.5 Å². The van der Waals surface area contributed by atoms with Crippen molar-refractivity contribution in [1.29, 1.82) is 0 Å². The molecular weight excluding hydrogens is 267 g/mol. The predicted octanol–water partition coefficient (Wildman–Crippen LogP) is 4.46. The minimum Gasteiger partial charge on any atom is -0.399 e. The number of nitrogens with two attached hydrogens (primary N) is 2. The number of halogens is 2. The van der Waals surface area contributed by atoms with Crippen molar-refractivity contribution in [3.63, 3.8) is 0 Å². The van der Waals surface area contributed by atoms with Crippen LogP contribution < -0.4 is 11.5 Å². The molecule has 0 bridgehead atoms. The first-order valence-corrected chi connectivity index (χ1v) is 6.18. The number of hydrogen-bond donors (Lipinski definition) is 2. The molecule has 0 saturated heterocycles. The zero-order valence-electron chi connectivity index (χ0n) is 9.37. The zero-order chi connectivity index (χ0) is 12.9. The van der Waals surface area contributed by atoms with Crippen LogP contribution in [0.3, 0.4) is 0 Å². The Hall–Kier alpha value is -1.64. The maximum absolute atomic E-state index is 6.22. The minimum atomic E-state index is 0.490. The number of fused-ring (bicyclic) bond motifs is 2. The monoisotopic (exact) mass is 276 g/mol. The van der Waals surface area contributed by atoms with Crippen LogP contribution in [0.4, 0.5) is 11.4 Å². The predicted molar refractivity (Wildman–Crippen MR) is 80.3 cm³/mol. The van der Waals surface area contributed by atoms with Gasteiger partial charge in [-0.15, -0.1) is 0 Å². The molecule has 3 aromatic carbocycles. The third kappa shape index (κ3) is 1.65. The first-order valence-electron chi connectivity index (χ1n) is 5.43. The van der Waals surface area contributed by atoms with Crippen LogP contribution >= 0.6 is 23.2 Å². The van der Waals surface area contributed by atoms with Crippen molar-refractivity contribution in [3.05, 3.63) is 46.4 Å². The Kier molecular flexibility index (Phi) is 2.51. The molecule has 0 aliphatic carbocycles. The summed E-state index contributed by atoms with van der Waals surface area (Å²) in [7, 11) is 0. The van der Waals surface area contributed by atoms with Gasteiger partial charge >= 0.3 is 0 Å². The highest BCUT2D eigenvalue weighted by Crippen LogP contribution is 2.37. The molecule has 0 radical (unpaired) electrons. The molecule has 0 aromatic heterocycles. The summed E-state index contributed by atoms with van der Waals surface area (Å²) in [6.45, 7) is 0. The van der Waals surface area contributed by atoms with E-state index in [1.807, 2.05) is 30.3 Å². The van der Waals surface area contributed by atoms with E-state index >= 15 is 0 Å². The van der Waals surface area contributed by atoms with Crippen LogP contribution in [0.1, 0.15) is 0 Å². The lowest BCUT2D eigenvalue weighted by Crippen LogP contribution is -1.89. The highest BCUT2D eigenvalue weighted by Gasteiger charge is 2.09. The Morgan fingerprint density at radius 1 is 0.778 bits per heavy atom. The molecule has 0 saturated carbocycles. The Morgan fingerprint density at radius 2 is 1.50 bits per heavy atom. The van der Waals surface area contributed by atoms with Gasteiger partial charge < -0.3 is 11.5 Å². The molecular formula is C14H10Cl2N2. The number of benzene rings is 3. The first kappa shape index (κ1) is 11.5. The van der Waals surface area contributed by atoms with Crippen LogP contribution in [0, 0.1) is 0 Å². The van der Waals surface area contributed by atoms with Gasteiger partial charge in [-0.1, -0.05) is 29.3 Å². The summed E-state index contributed by atoms with van der Waals surface area (Å²) < 4.78 is 0. The largest absolute Gasteiger partial charge is 0.399 e. The van der Waals surface area contributed by atoms with E-state index < -0.39 is 0 Å². The van der Waals surface area contributed by atoms with Gasteiger partial charge in [0.15, 0.2) is 0 Å². The van der Waals surface area contributed by atoms with E-state index in [1.165, 1.54) is 0 Å². The van der Waals surface area contributed by atoms with Crippen molar-refractivity contribution < 1.29 is 0 Å². The maximum atomic E-state index is 6.22. The second kappa shape index (κ2) is 3.94. The van der Waals surface area contributed by atoms with Crippen LogP contribution in [0.15, 0.2) is 36.4 Å². The molecule has 0 heterocycles. The van der Waals surface area contributed by atoms with E-state index in [2.05, 4.69) is 0 Å². The van der Waals surface area contributed by atoms with Gasteiger partial charge in [0.25, 0.3) is 0 Å². The van der Waals surface area contributed by atoms with Crippen molar-refractivity contribution in [2.24, 2.45) is 0 Å². The molecule has 0 aliphatic rings. The second-order valence-corrected chi connectivity index (χ2v) is 5.05. The molecule has 0 atom stereocenters. The quantitative estimate of drug-likeness (QED) is 0.470.